The molecule has 0 fully saturated rings. The van der Waals surface area contributed by atoms with Gasteiger partial charge in [-0.1, -0.05) is 0 Å². The minimum absolute atomic E-state index is 0.399. The molecule has 0 atom stereocenters. The molecule has 1 amide bonds. The maximum Gasteiger partial charge on any atom is 0.412 e. The Balaban J connectivity index is 2.41. The van der Waals surface area contributed by atoms with Crippen molar-refractivity contribution < 1.29 is 9.53 Å². The van der Waals surface area contributed by atoms with Crippen LogP contribution in [0.2, 0.25) is 0 Å². The molecular weight excluding hydrogens is 144 g/mol. The van der Waals surface area contributed by atoms with Gasteiger partial charge < -0.3 is 10.1 Å². The third-order valence-electron chi connectivity index (χ3n) is 1.48. The number of hydrogen-bond donors (Lipinski definition) is 1. The highest BCUT2D eigenvalue weighted by molar-refractivity contribution is 5.72. The van der Waals surface area contributed by atoms with Gasteiger partial charge in [0.05, 0.1) is 6.54 Å². The molecule has 1 aliphatic heterocycles. The summed E-state index contributed by atoms with van der Waals surface area (Å²) in [6.07, 6.45) is 2.87. The topological polar surface area (TPSA) is 51.2 Å². The molecule has 0 spiro atoms. The van der Waals surface area contributed by atoms with Crippen molar-refractivity contribution in [3.05, 3.63) is 24.0 Å². The largest absolute Gasteiger partial charge is 0.412 e. The molecule has 0 aliphatic carbocycles. The molecule has 0 unspecified atom stereocenters. The molecule has 4 nitrogen and oxygen atoms in total. The van der Waals surface area contributed by atoms with Crippen LogP contribution in [0.1, 0.15) is 5.56 Å². The van der Waals surface area contributed by atoms with Gasteiger partial charge in [0, 0.05) is 18.0 Å². The summed E-state index contributed by atoms with van der Waals surface area (Å²) in [6.45, 7) is 0.502. The van der Waals surface area contributed by atoms with Gasteiger partial charge >= 0.3 is 6.09 Å². The standard InChI is InChI=1S/C7H6N2O2/c10-7-9-4-5-3-8-2-1-6(5)11-7/h1-3H,4H2,(H,9,10). The van der Waals surface area contributed by atoms with E-state index in [0.717, 1.165) is 5.56 Å². The zero-order chi connectivity index (χ0) is 7.68. The molecule has 0 bridgehead atoms. The minimum Gasteiger partial charge on any atom is -0.410 e. The molecule has 1 N–H and O–H groups in total. The van der Waals surface area contributed by atoms with Crippen molar-refractivity contribution in [2.75, 3.05) is 0 Å². The number of carbonyl (C=O) groups excluding carboxylic acids is 1. The molecule has 0 aromatic carbocycles. The van der Waals surface area contributed by atoms with E-state index >= 15 is 0 Å². The lowest BCUT2D eigenvalue weighted by Crippen LogP contribution is -2.31. The van der Waals surface area contributed by atoms with Crippen molar-refractivity contribution in [1.29, 1.82) is 0 Å². The van der Waals surface area contributed by atoms with Crippen LogP contribution in [0, 0.1) is 0 Å². The molecule has 1 aliphatic rings. The van der Waals surface area contributed by atoms with Crippen LogP contribution in [-0.2, 0) is 6.54 Å². The Morgan fingerprint density at radius 1 is 1.64 bits per heavy atom. The van der Waals surface area contributed by atoms with Crippen LogP contribution >= 0.6 is 0 Å². The Labute approximate surface area is 63.2 Å². The molecule has 0 saturated carbocycles. The lowest BCUT2D eigenvalue weighted by molar-refractivity contribution is 0.194. The fourth-order valence-corrected chi connectivity index (χ4v) is 0.950. The van der Waals surface area contributed by atoms with Crippen molar-refractivity contribution in [1.82, 2.24) is 10.3 Å². The van der Waals surface area contributed by atoms with Crippen LogP contribution in [-0.4, -0.2) is 11.1 Å². The first-order chi connectivity index (χ1) is 5.36. The van der Waals surface area contributed by atoms with E-state index in [-0.39, 0.29) is 0 Å². The quantitative estimate of drug-likeness (QED) is 0.591. The molecule has 1 aromatic rings. The monoisotopic (exact) mass is 150 g/mol. The predicted octanol–water partition coefficient (Wildman–Crippen LogP) is 0.684. The summed E-state index contributed by atoms with van der Waals surface area (Å²) >= 11 is 0. The van der Waals surface area contributed by atoms with E-state index in [0.29, 0.717) is 12.3 Å². The minimum atomic E-state index is -0.399. The summed E-state index contributed by atoms with van der Waals surface area (Å²) in [5.74, 6) is 0.601. The van der Waals surface area contributed by atoms with Gasteiger partial charge in [0.15, 0.2) is 0 Å². The number of nitrogens with one attached hydrogen (secondary N) is 1. The Bertz CT molecular complexity index is 298. The first kappa shape index (κ1) is 6.15. The van der Waals surface area contributed by atoms with Crippen LogP contribution in [0.3, 0.4) is 0 Å². The van der Waals surface area contributed by atoms with E-state index in [2.05, 4.69) is 10.3 Å². The lowest BCUT2D eigenvalue weighted by Gasteiger charge is -2.15. The lowest BCUT2D eigenvalue weighted by atomic mass is 10.2. The number of pyridine rings is 1. The number of ether oxygens (including phenoxy) is 1. The molecule has 56 valence electrons. The first-order valence-corrected chi connectivity index (χ1v) is 3.25. The average Bonchev–Trinajstić information content (AvgIpc) is 2.04. The highest BCUT2D eigenvalue weighted by Crippen LogP contribution is 2.18. The van der Waals surface area contributed by atoms with Crippen LogP contribution in [0.15, 0.2) is 18.5 Å². The number of amides is 1. The third-order valence-corrected chi connectivity index (χ3v) is 1.48. The molecule has 2 rings (SSSR count). The maximum absolute atomic E-state index is 10.7. The van der Waals surface area contributed by atoms with Crippen molar-refractivity contribution >= 4 is 6.09 Å². The van der Waals surface area contributed by atoms with E-state index in [1.165, 1.54) is 0 Å². The molecule has 11 heavy (non-hydrogen) atoms. The summed E-state index contributed by atoms with van der Waals surface area (Å²) in [6, 6.07) is 1.67. The number of hydrogen-bond acceptors (Lipinski definition) is 3. The second-order valence-corrected chi connectivity index (χ2v) is 2.23. The second-order valence-electron chi connectivity index (χ2n) is 2.23. The van der Waals surface area contributed by atoms with Gasteiger partial charge in [-0.05, 0) is 6.07 Å². The average molecular weight is 150 g/mol. The van der Waals surface area contributed by atoms with Crippen molar-refractivity contribution in [3.8, 4) is 5.75 Å². The molecular formula is C7H6N2O2. The van der Waals surface area contributed by atoms with Gasteiger partial charge in [0.25, 0.3) is 0 Å². The van der Waals surface area contributed by atoms with Crippen LogP contribution < -0.4 is 10.1 Å². The van der Waals surface area contributed by atoms with Crippen molar-refractivity contribution in [3.63, 3.8) is 0 Å². The fraction of sp³-hybridized carbons (Fsp3) is 0.143. The zero-order valence-electron chi connectivity index (χ0n) is 5.70. The van der Waals surface area contributed by atoms with E-state index in [4.69, 9.17) is 4.74 Å². The van der Waals surface area contributed by atoms with Gasteiger partial charge in [0.2, 0.25) is 0 Å². The normalized spacial score (nSPS) is 14.7. The summed E-state index contributed by atoms with van der Waals surface area (Å²) in [7, 11) is 0. The molecule has 2 heterocycles. The van der Waals surface area contributed by atoms with Crippen LogP contribution in [0.4, 0.5) is 4.79 Å². The fourth-order valence-electron chi connectivity index (χ4n) is 0.950. The number of aromatic nitrogens is 1. The molecule has 4 heteroatoms. The number of rotatable bonds is 0. The van der Waals surface area contributed by atoms with Crippen molar-refractivity contribution in [2.24, 2.45) is 0 Å². The maximum atomic E-state index is 10.7. The third kappa shape index (κ3) is 1.02. The first-order valence-electron chi connectivity index (χ1n) is 3.25. The molecule has 1 aromatic heterocycles. The van der Waals surface area contributed by atoms with Crippen molar-refractivity contribution in [2.45, 2.75) is 6.54 Å². The summed E-state index contributed by atoms with van der Waals surface area (Å²) in [5.41, 5.74) is 0.909. The smallest absolute Gasteiger partial charge is 0.410 e. The number of fused-ring (bicyclic) bond motifs is 1. The molecule has 0 saturated heterocycles. The Hall–Kier alpha value is -1.58. The van der Waals surface area contributed by atoms with Gasteiger partial charge in [-0.2, -0.15) is 0 Å². The van der Waals surface area contributed by atoms with E-state index in [9.17, 15) is 4.79 Å². The van der Waals surface area contributed by atoms with Gasteiger partial charge in [0.1, 0.15) is 5.75 Å². The molecule has 0 radical (unpaired) electrons. The summed E-state index contributed by atoms with van der Waals surface area (Å²) in [4.78, 5) is 14.6. The van der Waals surface area contributed by atoms with E-state index < -0.39 is 6.09 Å². The van der Waals surface area contributed by atoms with Gasteiger partial charge in [-0.25, -0.2) is 4.79 Å². The second kappa shape index (κ2) is 2.23. The van der Waals surface area contributed by atoms with Gasteiger partial charge in [-0.3, -0.25) is 4.98 Å². The van der Waals surface area contributed by atoms with Crippen LogP contribution in [0.25, 0.3) is 0 Å². The van der Waals surface area contributed by atoms with E-state index in [1.807, 2.05) is 0 Å². The van der Waals surface area contributed by atoms with E-state index in [1.54, 1.807) is 18.5 Å². The van der Waals surface area contributed by atoms with Crippen LogP contribution in [0.5, 0.6) is 5.75 Å². The number of nitrogens with zero attached hydrogens (tertiary/aromatic N) is 1. The predicted molar refractivity (Wildman–Crippen MR) is 37.1 cm³/mol. The van der Waals surface area contributed by atoms with Gasteiger partial charge in [-0.15, -0.1) is 0 Å². The zero-order valence-corrected chi connectivity index (χ0v) is 5.70. The highest BCUT2D eigenvalue weighted by atomic mass is 16.6. The Morgan fingerprint density at radius 3 is 3.45 bits per heavy atom. The Kier molecular flexibility index (Phi) is 1.25. The SMILES string of the molecule is O=C1NCc2cnccc2O1. The summed E-state index contributed by atoms with van der Waals surface area (Å²) < 4.78 is 4.84. The summed E-state index contributed by atoms with van der Waals surface area (Å²) in [5, 5.41) is 2.54. The number of carbonyl (C=O) groups is 1. The highest BCUT2D eigenvalue weighted by Gasteiger charge is 2.14. The Morgan fingerprint density at radius 2 is 2.55 bits per heavy atom.